The molecule has 2 atom stereocenters. The molecule has 1 heterocycles. The van der Waals surface area contributed by atoms with E-state index in [1.807, 2.05) is 18.7 Å². The molecule has 1 saturated heterocycles. The fourth-order valence-electron chi connectivity index (χ4n) is 3.35. The summed E-state index contributed by atoms with van der Waals surface area (Å²) in [5, 5.41) is 9.14. The van der Waals surface area contributed by atoms with E-state index in [0.717, 1.165) is 0 Å². The SMILES string of the molecule is CCCN(C(C)CN1CCC(C(=O)O)C1)S(=O)(=O)c1ccc(OC)cc1. The molecule has 146 valence electrons. The quantitative estimate of drug-likeness (QED) is 0.700. The van der Waals surface area contributed by atoms with E-state index >= 15 is 0 Å². The number of likely N-dealkylation sites (tertiary alicyclic amines) is 1. The van der Waals surface area contributed by atoms with Gasteiger partial charge in [-0.05, 0) is 50.6 Å². The van der Waals surface area contributed by atoms with Crippen molar-refractivity contribution in [3.8, 4) is 5.75 Å². The third-order valence-corrected chi connectivity index (χ3v) is 6.77. The minimum absolute atomic E-state index is 0.239. The second-order valence-corrected chi connectivity index (χ2v) is 8.61. The molecule has 1 aliphatic heterocycles. The number of carbonyl (C=O) groups is 1. The van der Waals surface area contributed by atoms with Crippen LogP contribution in [0.15, 0.2) is 29.2 Å². The van der Waals surface area contributed by atoms with Gasteiger partial charge in [-0.1, -0.05) is 6.92 Å². The molecule has 0 aromatic heterocycles. The normalized spacial score (nSPS) is 19.6. The molecule has 0 amide bonds. The summed E-state index contributed by atoms with van der Waals surface area (Å²) in [6.45, 7) is 5.93. The van der Waals surface area contributed by atoms with Gasteiger partial charge in [0.05, 0.1) is 17.9 Å². The van der Waals surface area contributed by atoms with Crippen molar-refractivity contribution in [2.75, 3.05) is 33.3 Å². The van der Waals surface area contributed by atoms with Crippen molar-refractivity contribution in [2.24, 2.45) is 5.92 Å². The van der Waals surface area contributed by atoms with Gasteiger partial charge in [-0.2, -0.15) is 4.31 Å². The van der Waals surface area contributed by atoms with E-state index in [4.69, 9.17) is 9.84 Å². The molecular weight excluding hydrogens is 356 g/mol. The summed E-state index contributed by atoms with van der Waals surface area (Å²) in [5.74, 6) is -0.535. The number of ether oxygens (including phenoxy) is 1. The highest BCUT2D eigenvalue weighted by Gasteiger charge is 2.33. The lowest BCUT2D eigenvalue weighted by Gasteiger charge is -2.31. The first kappa shape index (κ1) is 20.7. The number of nitrogens with zero attached hydrogens (tertiary/aromatic N) is 2. The van der Waals surface area contributed by atoms with E-state index in [1.54, 1.807) is 24.3 Å². The van der Waals surface area contributed by atoms with Crippen molar-refractivity contribution in [3.05, 3.63) is 24.3 Å². The van der Waals surface area contributed by atoms with Crippen molar-refractivity contribution >= 4 is 16.0 Å². The Morgan fingerprint density at radius 2 is 2.04 bits per heavy atom. The lowest BCUT2D eigenvalue weighted by atomic mass is 10.1. The molecule has 0 saturated carbocycles. The summed E-state index contributed by atoms with van der Waals surface area (Å²) in [7, 11) is -2.09. The topological polar surface area (TPSA) is 87.2 Å². The summed E-state index contributed by atoms with van der Waals surface area (Å²) in [4.78, 5) is 13.4. The average Bonchev–Trinajstić information content (AvgIpc) is 3.08. The maximum absolute atomic E-state index is 13.1. The molecule has 0 aliphatic carbocycles. The molecule has 0 radical (unpaired) electrons. The molecule has 1 aliphatic rings. The van der Waals surface area contributed by atoms with E-state index in [0.29, 0.717) is 44.8 Å². The molecule has 0 bridgehead atoms. The lowest BCUT2D eigenvalue weighted by molar-refractivity contribution is -0.141. The van der Waals surface area contributed by atoms with Gasteiger partial charge in [-0.25, -0.2) is 8.42 Å². The monoisotopic (exact) mass is 384 g/mol. The van der Waals surface area contributed by atoms with E-state index in [2.05, 4.69) is 0 Å². The van der Waals surface area contributed by atoms with Gasteiger partial charge in [-0.3, -0.25) is 4.79 Å². The summed E-state index contributed by atoms with van der Waals surface area (Å²) < 4.78 is 32.8. The van der Waals surface area contributed by atoms with E-state index < -0.39 is 16.0 Å². The van der Waals surface area contributed by atoms with E-state index in [9.17, 15) is 13.2 Å². The van der Waals surface area contributed by atoms with Crippen LogP contribution in [0.1, 0.15) is 26.7 Å². The molecular formula is C18H28N2O5S. The van der Waals surface area contributed by atoms with Gasteiger partial charge >= 0.3 is 5.97 Å². The van der Waals surface area contributed by atoms with Gasteiger partial charge in [-0.15, -0.1) is 0 Å². The highest BCUT2D eigenvalue weighted by Crippen LogP contribution is 2.23. The summed E-state index contributed by atoms with van der Waals surface area (Å²) in [5.41, 5.74) is 0. The zero-order valence-corrected chi connectivity index (χ0v) is 16.4. The number of benzene rings is 1. The summed E-state index contributed by atoms with van der Waals surface area (Å²) >= 11 is 0. The fourth-order valence-corrected chi connectivity index (χ4v) is 5.06. The highest BCUT2D eigenvalue weighted by atomic mass is 32.2. The summed E-state index contributed by atoms with van der Waals surface area (Å²) in [6.07, 6.45) is 1.32. The van der Waals surface area contributed by atoms with Crippen LogP contribution in [0.3, 0.4) is 0 Å². The smallest absolute Gasteiger partial charge is 0.307 e. The molecule has 1 fully saturated rings. The third-order valence-electron chi connectivity index (χ3n) is 4.75. The Hall–Kier alpha value is -1.64. The van der Waals surface area contributed by atoms with Gasteiger partial charge in [0.25, 0.3) is 0 Å². The van der Waals surface area contributed by atoms with Gasteiger partial charge < -0.3 is 14.7 Å². The number of aliphatic carboxylic acids is 1. The lowest BCUT2D eigenvalue weighted by Crippen LogP contribution is -2.45. The number of carboxylic acid groups (broad SMARTS) is 1. The van der Waals surface area contributed by atoms with Gasteiger partial charge in [0, 0.05) is 25.7 Å². The number of methoxy groups -OCH3 is 1. The summed E-state index contributed by atoms with van der Waals surface area (Å²) in [6, 6.07) is 6.15. The van der Waals surface area contributed by atoms with Crippen molar-refractivity contribution in [1.29, 1.82) is 0 Å². The second-order valence-electron chi connectivity index (χ2n) is 6.72. The number of hydrogen-bond donors (Lipinski definition) is 1. The average molecular weight is 384 g/mol. The number of carboxylic acids is 1. The maximum atomic E-state index is 13.1. The molecule has 1 aromatic carbocycles. The predicted octanol–water partition coefficient (Wildman–Crippen LogP) is 1.89. The molecule has 2 unspecified atom stereocenters. The maximum Gasteiger partial charge on any atom is 0.307 e. The van der Waals surface area contributed by atoms with Gasteiger partial charge in [0.15, 0.2) is 0 Å². The molecule has 0 spiro atoms. The molecule has 2 rings (SSSR count). The van der Waals surface area contributed by atoms with Crippen molar-refractivity contribution in [2.45, 2.75) is 37.6 Å². The molecule has 1 aromatic rings. The van der Waals surface area contributed by atoms with Gasteiger partial charge in [0.1, 0.15) is 5.75 Å². The Balaban J connectivity index is 2.14. The van der Waals surface area contributed by atoms with Crippen LogP contribution >= 0.6 is 0 Å². The van der Waals surface area contributed by atoms with Crippen LogP contribution in [0.4, 0.5) is 0 Å². The predicted molar refractivity (Wildman–Crippen MR) is 98.8 cm³/mol. The molecule has 7 nitrogen and oxygen atoms in total. The van der Waals surface area contributed by atoms with E-state index in [-0.39, 0.29) is 16.9 Å². The second kappa shape index (κ2) is 8.83. The van der Waals surface area contributed by atoms with Crippen molar-refractivity contribution in [1.82, 2.24) is 9.21 Å². The number of hydrogen-bond acceptors (Lipinski definition) is 5. The van der Waals surface area contributed by atoms with Crippen LogP contribution < -0.4 is 4.74 Å². The Morgan fingerprint density at radius 1 is 1.38 bits per heavy atom. The first-order valence-corrected chi connectivity index (χ1v) is 10.3. The Bertz CT molecular complexity index is 705. The fraction of sp³-hybridized carbons (Fsp3) is 0.611. The van der Waals surface area contributed by atoms with Crippen LogP contribution in [-0.2, 0) is 14.8 Å². The minimum Gasteiger partial charge on any atom is -0.497 e. The first-order chi connectivity index (χ1) is 12.3. The third kappa shape index (κ3) is 4.75. The van der Waals surface area contributed by atoms with Crippen LogP contribution in [0.2, 0.25) is 0 Å². The molecule has 1 N–H and O–H groups in total. The molecule has 8 heteroatoms. The van der Waals surface area contributed by atoms with Gasteiger partial charge in [0.2, 0.25) is 10.0 Å². The van der Waals surface area contributed by atoms with E-state index in [1.165, 1.54) is 11.4 Å². The Labute approximate surface area is 155 Å². The number of rotatable bonds is 9. The van der Waals surface area contributed by atoms with Crippen LogP contribution in [0.5, 0.6) is 5.75 Å². The van der Waals surface area contributed by atoms with Crippen LogP contribution in [0, 0.1) is 5.92 Å². The zero-order valence-electron chi connectivity index (χ0n) is 15.6. The van der Waals surface area contributed by atoms with Crippen molar-refractivity contribution in [3.63, 3.8) is 0 Å². The van der Waals surface area contributed by atoms with Crippen LogP contribution in [0.25, 0.3) is 0 Å². The Kier molecular flexibility index (Phi) is 7.02. The van der Waals surface area contributed by atoms with Crippen molar-refractivity contribution < 1.29 is 23.1 Å². The largest absolute Gasteiger partial charge is 0.497 e. The minimum atomic E-state index is -3.62. The number of sulfonamides is 1. The van der Waals surface area contributed by atoms with Crippen LogP contribution in [-0.4, -0.2) is 68.0 Å². The Morgan fingerprint density at radius 3 is 2.54 bits per heavy atom. The standard InChI is InChI=1S/C18H28N2O5S/c1-4-10-20(14(2)12-19-11-9-15(13-19)18(21)22)26(23,24)17-7-5-16(25-3)6-8-17/h5-8,14-15H,4,9-13H2,1-3H3,(H,21,22). The highest BCUT2D eigenvalue weighted by molar-refractivity contribution is 7.89. The zero-order chi connectivity index (χ0) is 19.3. The molecule has 26 heavy (non-hydrogen) atoms. The first-order valence-electron chi connectivity index (χ1n) is 8.90.